The number of halogens is 1. The van der Waals surface area contributed by atoms with Gasteiger partial charge in [0.05, 0.1) is 22.6 Å². The van der Waals surface area contributed by atoms with Crippen LogP contribution in [0.4, 0.5) is 5.69 Å². The molecular weight excluding hydrogens is 395 g/mol. The van der Waals surface area contributed by atoms with Crippen molar-refractivity contribution >= 4 is 52.2 Å². The fourth-order valence-electron chi connectivity index (χ4n) is 2.36. The van der Waals surface area contributed by atoms with Gasteiger partial charge in [-0.05, 0) is 45.9 Å². The molecule has 1 aliphatic heterocycles. The van der Waals surface area contributed by atoms with Crippen molar-refractivity contribution in [1.82, 2.24) is 4.98 Å². The quantitative estimate of drug-likeness (QED) is 0.761. The first kappa shape index (κ1) is 19.6. The molecule has 0 radical (unpaired) electrons. The van der Waals surface area contributed by atoms with Gasteiger partial charge in [0.1, 0.15) is 9.90 Å². The first-order valence-corrected chi connectivity index (χ1v) is 10.3. The molecule has 3 rings (SSSR count). The normalized spacial score (nSPS) is 19.4. The minimum absolute atomic E-state index is 0.335. The summed E-state index contributed by atoms with van der Waals surface area (Å²) in [6.07, 6.45) is 1.64. The van der Waals surface area contributed by atoms with Gasteiger partial charge in [-0.15, -0.1) is 11.3 Å². The Balaban J connectivity index is 1.87. The summed E-state index contributed by atoms with van der Waals surface area (Å²) < 4.78 is 34.0. The Morgan fingerprint density at radius 1 is 1.27 bits per heavy atom. The molecule has 1 unspecified atom stereocenters. The second kappa shape index (κ2) is 7.12. The Hall–Kier alpha value is -1.13. The molecule has 0 bridgehead atoms. The van der Waals surface area contributed by atoms with Crippen LogP contribution in [0.5, 0.6) is 5.88 Å². The minimum atomic E-state index is -1.48. The monoisotopic (exact) mass is 414 g/mol. The highest BCUT2D eigenvalue weighted by molar-refractivity contribution is 7.88. The maximum Gasteiger partial charge on any atom is 0.496 e. The topological polar surface area (TPSA) is 69.7 Å². The van der Waals surface area contributed by atoms with E-state index < -0.39 is 29.3 Å². The fraction of sp³-hybridized carbons (Fsp3) is 0.438. The summed E-state index contributed by atoms with van der Waals surface area (Å²) in [6.45, 7) is 7.94. The third-order valence-electron chi connectivity index (χ3n) is 4.52. The van der Waals surface area contributed by atoms with Crippen LogP contribution in [-0.4, -0.2) is 34.6 Å². The summed E-state index contributed by atoms with van der Waals surface area (Å²) in [5, 5.41) is 0. The van der Waals surface area contributed by atoms with Crippen LogP contribution in [0.3, 0.4) is 0 Å². The Morgan fingerprint density at radius 3 is 2.46 bits per heavy atom. The fourth-order valence-corrected chi connectivity index (χ4v) is 4.61. The molecule has 1 saturated heterocycles. The lowest BCUT2D eigenvalue weighted by molar-refractivity contribution is 0.00578. The molecule has 6 nitrogen and oxygen atoms in total. The first-order valence-electron chi connectivity index (χ1n) is 7.96. The Morgan fingerprint density at radius 2 is 1.92 bits per heavy atom. The lowest BCUT2D eigenvalue weighted by atomic mass is 9.80. The van der Waals surface area contributed by atoms with Crippen molar-refractivity contribution in [3.05, 3.63) is 28.7 Å². The predicted molar refractivity (Wildman–Crippen MR) is 106 cm³/mol. The van der Waals surface area contributed by atoms with E-state index in [0.717, 1.165) is 0 Å². The third-order valence-corrected chi connectivity index (χ3v) is 7.16. The Labute approximate surface area is 164 Å². The standard InChI is InChI=1S/C16H20BClN2O4S2/c1-15(2)16(3,4)24-17(23-15)10-8-11(14(22-5)19-9-10)20-26(21)13-7-6-12(18)25-13/h6-9,20H,1-5H3. The summed E-state index contributed by atoms with van der Waals surface area (Å²) >= 11 is 7.17. The number of rotatable bonds is 5. The maximum absolute atomic E-state index is 12.5. The number of hydrogen-bond donors (Lipinski definition) is 1. The lowest BCUT2D eigenvalue weighted by Crippen LogP contribution is -2.41. The zero-order valence-corrected chi connectivity index (χ0v) is 17.6. The van der Waals surface area contributed by atoms with Crippen molar-refractivity contribution in [2.75, 3.05) is 11.8 Å². The number of ether oxygens (including phenoxy) is 1. The summed E-state index contributed by atoms with van der Waals surface area (Å²) in [5.74, 6) is 0.335. The molecule has 26 heavy (non-hydrogen) atoms. The van der Waals surface area contributed by atoms with Crippen molar-refractivity contribution in [2.24, 2.45) is 0 Å². The highest BCUT2D eigenvalue weighted by atomic mass is 35.5. The van der Waals surface area contributed by atoms with Crippen LogP contribution in [0.15, 0.2) is 28.6 Å². The van der Waals surface area contributed by atoms with Gasteiger partial charge in [-0.3, -0.25) is 4.72 Å². The van der Waals surface area contributed by atoms with Gasteiger partial charge in [0.2, 0.25) is 5.88 Å². The molecule has 140 valence electrons. The van der Waals surface area contributed by atoms with Crippen LogP contribution in [0.2, 0.25) is 4.34 Å². The van der Waals surface area contributed by atoms with Gasteiger partial charge in [-0.25, -0.2) is 9.19 Å². The molecule has 0 aliphatic carbocycles. The van der Waals surface area contributed by atoms with Gasteiger partial charge in [0, 0.05) is 11.7 Å². The maximum atomic E-state index is 12.5. The van der Waals surface area contributed by atoms with E-state index in [0.29, 0.717) is 25.6 Å². The van der Waals surface area contributed by atoms with Gasteiger partial charge in [0.25, 0.3) is 0 Å². The molecule has 1 aliphatic rings. The zero-order chi connectivity index (χ0) is 19.1. The van der Waals surface area contributed by atoms with Crippen molar-refractivity contribution in [3.63, 3.8) is 0 Å². The first-order chi connectivity index (χ1) is 12.1. The van der Waals surface area contributed by atoms with Crippen molar-refractivity contribution in [1.29, 1.82) is 0 Å². The SMILES string of the molecule is COc1ncc(B2OC(C)(C)C(C)(C)O2)cc1NS(=O)c1ccc(Cl)s1. The van der Waals surface area contributed by atoms with E-state index in [2.05, 4.69) is 9.71 Å². The number of aromatic nitrogens is 1. The molecular formula is C16H20BClN2O4S2. The minimum Gasteiger partial charge on any atom is -0.480 e. The van der Waals surface area contributed by atoms with Crippen molar-refractivity contribution in [3.8, 4) is 5.88 Å². The molecule has 2 aromatic heterocycles. The smallest absolute Gasteiger partial charge is 0.480 e. The molecule has 2 aromatic rings. The Bertz CT molecular complexity index is 827. The van der Waals surface area contributed by atoms with E-state index in [4.69, 9.17) is 25.6 Å². The molecule has 1 N–H and O–H groups in total. The van der Waals surface area contributed by atoms with Crippen LogP contribution in [-0.2, 0) is 20.3 Å². The number of hydrogen-bond acceptors (Lipinski definition) is 6. The molecule has 0 spiro atoms. The largest absolute Gasteiger partial charge is 0.496 e. The number of pyridine rings is 1. The lowest BCUT2D eigenvalue weighted by Gasteiger charge is -2.32. The van der Waals surface area contributed by atoms with E-state index in [9.17, 15) is 4.21 Å². The summed E-state index contributed by atoms with van der Waals surface area (Å²) in [5.41, 5.74) is 0.291. The summed E-state index contributed by atoms with van der Waals surface area (Å²) in [4.78, 5) is 4.29. The van der Waals surface area contributed by atoms with Gasteiger partial charge < -0.3 is 14.0 Å². The van der Waals surface area contributed by atoms with E-state index >= 15 is 0 Å². The third kappa shape index (κ3) is 3.77. The van der Waals surface area contributed by atoms with E-state index in [-0.39, 0.29) is 0 Å². The van der Waals surface area contributed by atoms with Crippen LogP contribution in [0.25, 0.3) is 0 Å². The second-order valence-electron chi connectivity index (χ2n) is 6.84. The van der Waals surface area contributed by atoms with Gasteiger partial charge in [-0.1, -0.05) is 11.6 Å². The van der Waals surface area contributed by atoms with Gasteiger partial charge in [-0.2, -0.15) is 0 Å². The number of anilines is 1. The average molecular weight is 415 g/mol. The molecule has 10 heteroatoms. The van der Waals surface area contributed by atoms with Crippen molar-refractivity contribution in [2.45, 2.75) is 43.1 Å². The Kier molecular flexibility index (Phi) is 5.38. The molecule has 1 fully saturated rings. The predicted octanol–water partition coefficient (Wildman–Crippen LogP) is 3.24. The van der Waals surface area contributed by atoms with Crippen LogP contribution >= 0.6 is 22.9 Å². The number of methoxy groups -OCH3 is 1. The van der Waals surface area contributed by atoms with Crippen molar-refractivity contribution < 1.29 is 18.3 Å². The molecule has 0 aromatic carbocycles. The van der Waals surface area contributed by atoms with Crippen LogP contribution < -0.4 is 14.9 Å². The number of thiophene rings is 1. The molecule has 0 saturated carbocycles. The van der Waals surface area contributed by atoms with Gasteiger partial charge >= 0.3 is 7.12 Å². The second-order valence-corrected chi connectivity index (χ2v) is 10.00. The number of nitrogens with one attached hydrogen (secondary N) is 1. The molecule has 3 heterocycles. The summed E-state index contributed by atoms with van der Waals surface area (Å²) in [6, 6.07) is 5.20. The van der Waals surface area contributed by atoms with E-state index in [1.54, 1.807) is 24.4 Å². The zero-order valence-electron chi connectivity index (χ0n) is 15.2. The van der Waals surface area contributed by atoms with Crippen LogP contribution in [0.1, 0.15) is 27.7 Å². The average Bonchev–Trinajstić information content (AvgIpc) is 3.08. The number of nitrogens with zero attached hydrogens (tertiary/aromatic N) is 1. The highest BCUT2D eigenvalue weighted by Gasteiger charge is 2.52. The molecule has 1 atom stereocenters. The molecule has 0 amide bonds. The summed E-state index contributed by atoms with van der Waals surface area (Å²) in [7, 11) is -0.543. The van der Waals surface area contributed by atoms with Gasteiger partial charge in [0.15, 0.2) is 11.0 Å². The van der Waals surface area contributed by atoms with Crippen LogP contribution in [0, 0.1) is 0 Å². The highest BCUT2D eigenvalue weighted by Crippen LogP contribution is 2.37. The van der Waals surface area contributed by atoms with E-state index in [1.807, 2.05) is 27.7 Å². The van der Waals surface area contributed by atoms with E-state index in [1.165, 1.54) is 18.4 Å².